The molecule has 2 aromatic rings. The molecular weight excluding hydrogens is 236 g/mol. The predicted molar refractivity (Wildman–Crippen MR) is 64.5 cm³/mol. The number of aromatic nitrogens is 2. The van der Waals surface area contributed by atoms with Gasteiger partial charge in [0.05, 0.1) is 23.9 Å². The second-order valence-electron chi connectivity index (χ2n) is 3.58. The third-order valence-electron chi connectivity index (χ3n) is 2.25. The van der Waals surface area contributed by atoms with Gasteiger partial charge >= 0.3 is 0 Å². The van der Waals surface area contributed by atoms with Gasteiger partial charge in [-0.2, -0.15) is 5.10 Å². The third-order valence-corrected chi connectivity index (χ3v) is 2.25. The number of nitrogens with zero attached hydrogens (tertiary/aromatic N) is 3. The molecule has 0 atom stereocenters. The molecule has 0 aliphatic rings. The number of nitrogens with two attached hydrogens (primary N) is 1. The fourth-order valence-electron chi connectivity index (χ4n) is 1.42. The van der Waals surface area contributed by atoms with Crippen molar-refractivity contribution in [2.75, 3.05) is 6.54 Å². The van der Waals surface area contributed by atoms with E-state index in [0.29, 0.717) is 24.6 Å². The molecule has 0 aliphatic heterocycles. The quantitative estimate of drug-likeness (QED) is 0.639. The molecule has 1 aromatic heterocycles. The van der Waals surface area contributed by atoms with Crippen LogP contribution in [0.2, 0.25) is 0 Å². The van der Waals surface area contributed by atoms with E-state index in [-0.39, 0.29) is 5.69 Å². The number of non-ortho nitro benzene ring substituents is 1. The number of hydrogen-bond donors (Lipinski definition) is 1. The summed E-state index contributed by atoms with van der Waals surface area (Å²) in [5.41, 5.74) is 5.43. The van der Waals surface area contributed by atoms with Crippen molar-refractivity contribution in [2.45, 2.75) is 6.54 Å². The zero-order valence-electron chi connectivity index (χ0n) is 9.52. The SMILES string of the molecule is NCCn1cc(Oc2ccc([N+](=O)[O-])cc2)cn1. The van der Waals surface area contributed by atoms with Crippen molar-refractivity contribution in [3.05, 3.63) is 46.8 Å². The van der Waals surface area contributed by atoms with Crippen LogP contribution >= 0.6 is 0 Å². The van der Waals surface area contributed by atoms with Crippen molar-refractivity contribution < 1.29 is 9.66 Å². The van der Waals surface area contributed by atoms with Gasteiger partial charge in [0, 0.05) is 18.7 Å². The highest BCUT2D eigenvalue weighted by atomic mass is 16.6. The van der Waals surface area contributed by atoms with Crippen molar-refractivity contribution in [1.29, 1.82) is 0 Å². The lowest BCUT2D eigenvalue weighted by molar-refractivity contribution is -0.384. The molecule has 0 amide bonds. The molecule has 0 unspecified atom stereocenters. The van der Waals surface area contributed by atoms with Crippen LogP contribution in [-0.4, -0.2) is 21.2 Å². The summed E-state index contributed by atoms with van der Waals surface area (Å²) in [5, 5.41) is 14.5. The normalized spacial score (nSPS) is 10.3. The highest BCUT2D eigenvalue weighted by Gasteiger charge is 2.06. The van der Waals surface area contributed by atoms with Crippen molar-refractivity contribution in [2.24, 2.45) is 5.73 Å². The van der Waals surface area contributed by atoms with Crippen molar-refractivity contribution in [3.8, 4) is 11.5 Å². The first-order valence-electron chi connectivity index (χ1n) is 5.34. The van der Waals surface area contributed by atoms with Gasteiger partial charge in [-0.25, -0.2) is 0 Å². The van der Waals surface area contributed by atoms with Crippen molar-refractivity contribution in [3.63, 3.8) is 0 Å². The molecule has 94 valence electrons. The first-order chi connectivity index (χ1) is 8.69. The van der Waals surface area contributed by atoms with Crippen LogP contribution < -0.4 is 10.5 Å². The number of rotatable bonds is 5. The molecule has 7 heteroatoms. The fourth-order valence-corrected chi connectivity index (χ4v) is 1.42. The molecule has 0 saturated heterocycles. The Balaban J connectivity index is 2.06. The number of nitro benzene ring substituents is 1. The Labute approximate surface area is 103 Å². The molecule has 0 spiro atoms. The van der Waals surface area contributed by atoms with E-state index in [1.54, 1.807) is 29.2 Å². The highest BCUT2D eigenvalue weighted by Crippen LogP contribution is 2.23. The van der Waals surface area contributed by atoms with Crippen LogP contribution in [0.1, 0.15) is 0 Å². The number of hydrogen-bond acceptors (Lipinski definition) is 5. The van der Waals surface area contributed by atoms with Crippen LogP contribution in [0.5, 0.6) is 11.5 Å². The minimum atomic E-state index is -0.455. The minimum absolute atomic E-state index is 0.0289. The summed E-state index contributed by atoms with van der Waals surface area (Å²) >= 11 is 0. The van der Waals surface area contributed by atoms with E-state index in [1.165, 1.54) is 12.1 Å². The molecule has 18 heavy (non-hydrogen) atoms. The summed E-state index contributed by atoms with van der Waals surface area (Å²) in [6, 6.07) is 5.86. The predicted octanol–water partition coefficient (Wildman–Crippen LogP) is 1.54. The Bertz CT molecular complexity index is 535. The Morgan fingerprint density at radius 1 is 1.33 bits per heavy atom. The standard InChI is InChI=1S/C11H12N4O3/c12-5-6-14-8-11(7-13-14)18-10-3-1-9(2-4-10)15(16)17/h1-4,7-8H,5-6,12H2. The number of benzene rings is 1. The van der Waals surface area contributed by atoms with Gasteiger partial charge in [0.25, 0.3) is 5.69 Å². The van der Waals surface area contributed by atoms with Gasteiger partial charge in [-0.15, -0.1) is 0 Å². The van der Waals surface area contributed by atoms with Gasteiger partial charge in [0.1, 0.15) is 5.75 Å². The van der Waals surface area contributed by atoms with Crippen molar-refractivity contribution in [1.82, 2.24) is 9.78 Å². The Morgan fingerprint density at radius 3 is 2.67 bits per heavy atom. The average Bonchev–Trinajstić information content (AvgIpc) is 2.78. The summed E-state index contributed by atoms with van der Waals surface area (Å²) in [6.45, 7) is 1.11. The van der Waals surface area contributed by atoms with Crippen LogP contribution in [-0.2, 0) is 6.54 Å². The first-order valence-corrected chi connectivity index (χ1v) is 5.34. The molecule has 1 aromatic carbocycles. The molecule has 0 aliphatic carbocycles. The lowest BCUT2D eigenvalue weighted by atomic mass is 10.3. The maximum atomic E-state index is 10.5. The summed E-state index contributed by atoms with van der Waals surface area (Å²) in [5.74, 6) is 1.09. The molecule has 7 nitrogen and oxygen atoms in total. The van der Waals surface area contributed by atoms with Crippen LogP contribution in [0.3, 0.4) is 0 Å². The molecule has 0 radical (unpaired) electrons. The molecule has 2 N–H and O–H groups in total. The highest BCUT2D eigenvalue weighted by molar-refractivity contribution is 5.37. The van der Waals surface area contributed by atoms with Gasteiger partial charge in [0.15, 0.2) is 5.75 Å². The summed E-state index contributed by atoms with van der Waals surface area (Å²) in [4.78, 5) is 10.0. The van der Waals surface area contributed by atoms with E-state index in [4.69, 9.17) is 10.5 Å². The third kappa shape index (κ3) is 2.83. The Hall–Kier alpha value is -2.41. The smallest absolute Gasteiger partial charge is 0.269 e. The minimum Gasteiger partial charge on any atom is -0.454 e. The first kappa shape index (κ1) is 12.1. The van der Waals surface area contributed by atoms with Gasteiger partial charge in [-0.1, -0.05) is 0 Å². The fraction of sp³-hybridized carbons (Fsp3) is 0.182. The van der Waals surface area contributed by atoms with E-state index < -0.39 is 4.92 Å². The van der Waals surface area contributed by atoms with Crippen LogP contribution in [0.4, 0.5) is 5.69 Å². The molecule has 0 bridgehead atoms. The topological polar surface area (TPSA) is 96.2 Å². The van der Waals surface area contributed by atoms with Crippen LogP contribution in [0.15, 0.2) is 36.7 Å². The van der Waals surface area contributed by atoms with E-state index in [0.717, 1.165) is 0 Å². The average molecular weight is 248 g/mol. The van der Waals surface area contributed by atoms with E-state index in [1.807, 2.05) is 0 Å². The summed E-state index contributed by atoms with van der Waals surface area (Å²) < 4.78 is 7.16. The zero-order valence-corrected chi connectivity index (χ0v) is 9.52. The van der Waals surface area contributed by atoms with Crippen molar-refractivity contribution >= 4 is 5.69 Å². The van der Waals surface area contributed by atoms with E-state index in [9.17, 15) is 10.1 Å². The Kier molecular flexibility index (Phi) is 3.54. The molecule has 0 fully saturated rings. The second kappa shape index (κ2) is 5.28. The Morgan fingerprint density at radius 2 is 2.06 bits per heavy atom. The van der Waals surface area contributed by atoms with Crippen LogP contribution in [0, 0.1) is 10.1 Å². The number of ether oxygens (including phenoxy) is 1. The molecule has 1 heterocycles. The second-order valence-corrected chi connectivity index (χ2v) is 3.58. The van der Waals surface area contributed by atoms with Gasteiger partial charge in [-0.05, 0) is 12.1 Å². The van der Waals surface area contributed by atoms with E-state index in [2.05, 4.69) is 5.10 Å². The maximum absolute atomic E-state index is 10.5. The zero-order chi connectivity index (χ0) is 13.0. The summed E-state index contributed by atoms with van der Waals surface area (Å²) in [7, 11) is 0. The maximum Gasteiger partial charge on any atom is 0.269 e. The monoisotopic (exact) mass is 248 g/mol. The van der Waals surface area contributed by atoms with Gasteiger partial charge in [0.2, 0.25) is 0 Å². The lowest BCUT2D eigenvalue weighted by Crippen LogP contribution is -2.09. The van der Waals surface area contributed by atoms with Crippen LogP contribution in [0.25, 0.3) is 0 Å². The molecular formula is C11H12N4O3. The number of nitro groups is 1. The van der Waals surface area contributed by atoms with E-state index >= 15 is 0 Å². The summed E-state index contributed by atoms with van der Waals surface area (Å²) in [6.07, 6.45) is 3.28. The van der Waals surface area contributed by atoms with Gasteiger partial charge in [-0.3, -0.25) is 14.8 Å². The molecule has 0 saturated carbocycles. The lowest BCUT2D eigenvalue weighted by Gasteiger charge is -2.01. The largest absolute Gasteiger partial charge is 0.454 e. The molecule has 2 rings (SSSR count). The van der Waals surface area contributed by atoms with Gasteiger partial charge < -0.3 is 10.5 Å².